The Morgan fingerprint density at radius 1 is 0.395 bits per heavy atom. The molecule has 43 heavy (non-hydrogen) atoms. The van der Waals surface area contributed by atoms with Crippen LogP contribution in [-0.2, 0) is 0 Å². The largest absolute Gasteiger partial charge is 0.456 e. The molecule has 0 aliphatic heterocycles. The Morgan fingerprint density at radius 2 is 0.953 bits per heavy atom. The van der Waals surface area contributed by atoms with Crippen LogP contribution in [0, 0.1) is 0 Å². The van der Waals surface area contributed by atoms with Crippen LogP contribution in [-0.4, -0.2) is 4.57 Å². The molecule has 10 rings (SSSR count). The zero-order chi connectivity index (χ0) is 28.1. The van der Waals surface area contributed by atoms with Crippen molar-refractivity contribution in [1.29, 1.82) is 0 Å². The van der Waals surface area contributed by atoms with Gasteiger partial charge in [0, 0.05) is 38.0 Å². The summed E-state index contributed by atoms with van der Waals surface area (Å²) in [4.78, 5) is 0. The van der Waals surface area contributed by atoms with Gasteiger partial charge in [0.1, 0.15) is 22.3 Å². The van der Waals surface area contributed by atoms with Gasteiger partial charge in [-0.3, -0.25) is 0 Å². The first-order valence-corrected chi connectivity index (χ1v) is 14.6. The van der Waals surface area contributed by atoms with E-state index in [4.69, 9.17) is 8.83 Å². The van der Waals surface area contributed by atoms with Crippen LogP contribution in [0.3, 0.4) is 0 Å². The fourth-order valence-corrected chi connectivity index (χ4v) is 7.11. The number of para-hydroxylation sites is 2. The molecule has 3 heterocycles. The van der Waals surface area contributed by atoms with Gasteiger partial charge in [0.25, 0.3) is 0 Å². The Bertz CT molecular complexity index is 2680. The standard InChI is InChI=1S/C40H23NO2/c1-2-10-27-24(8-1)9-7-13-28(27)25-16-18-35-31(22-25)39-37(42-35)20-21-38-40(39)32-23-26(17-19-36(32)43-38)41-33-14-5-3-11-29(33)30-12-4-6-15-34(30)41/h1-23H. The lowest BCUT2D eigenvalue weighted by Crippen LogP contribution is -1.93. The summed E-state index contributed by atoms with van der Waals surface area (Å²) in [5.74, 6) is 0. The highest BCUT2D eigenvalue weighted by Crippen LogP contribution is 2.43. The Hall–Kier alpha value is -5.80. The highest BCUT2D eigenvalue weighted by atomic mass is 16.3. The maximum Gasteiger partial charge on any atom is 0.136 e. The number of hydrogen-bond donors (Lipinski definition) is 0. The smallest absolute Gasteiger partial charge is 0.136 e. The van der Waals surface area contributed by atoms with Gasteiger partial charge in [-0.15, -0.1) is 0 Å². The monoisotopic (exact) mass is 549 g/mol. The molecule has 0 amide bonds. The highest BCUT2D eigenvalue weighted by molar-refractivity contribution is 6.26. The predicted octanol–water partition coefficient (Wildman–Crippen LogP) is 11.4. The zero-order valence-electron chi connectivity index (χ0n) is 23.0. The Morgan fingerprint density at radius 3 is 1.67 bits per heavy atom. The van der Waals surface area contributed by atoms with Crippen molar-refractivity contribution in [3.8, 4) is 16.8 Å². The van der Waals surface area contributed by atoms with Crippen molar-refractivity contribution in [2.24, 2.45) is 0 Å². The minimum absolute atomic E-state index is 0.861. The van der Waals surface area contributed by atoms with Gasteiger partial charge in [0.2, 0.25) is 0 Å². The number of furan rings is 2. The van der Waals surface area contributed by atoms with Crippen LogP contribution in [0.5, 0.6) is 0 Å². The third-order valence-electron chi connectivity index (χ3n) is 8.99. The van der Waals surface area contributed by atoms with Gasteiger partial charge in [-0.05, 0) is 76.5 Å². The molecule has 7 aromatic carbocycles. The highest BCUT2D eigenvalue weighted by Gasteiger charge is 2.19. The van der Waals surface area contributed by atoms with Gasteiger partial charge < -0.3 is 13.4 Å². The SMILES string of the molecule is c1ccc2c(-c3ccc4oc5ccc6oc7ccc(-n8c9ccccc9c9ccccc98)cc7c6c5c4c3)cccc2c1. The van der Waals surface area contributed by atoms with Crippen molar-refractivity contribution in [2.45, 2.75) is 0 Å². The van der Waals surface area contributed by atoms with Crippen LogP contribution < -0.4 is 0 Å². The Kier molecular flexibility index (Phi) is 4.45. The van der Waals surface area contributed by atoms with Crippen molar-refractivity contribution in [2.75, 3.05) is 0 Å². The normalized spacial score (nSPS) is 12.2. The first-order valence-electron chi connectivity index (χ1n) is 14.6. The molecule has 0 aliphatic carbocycles. The Balaban J connectivity index is 1.28. The first-order chi connectivity index (χ1) is 21.3. The third-order valence-corrected chi connectivity index (χ3v) is 8.99. The first kappa shape index (κ1) is 22.8. The summed E-state index contributed by atoms with van der Waals surface area (Å²) < 4.78 is 15.2. The molecule has 0 radical (unpaired) electrons. The van der Waals surface area contributed by atoms with Gasteiger partial charge in [-0.1, -0.05) is 84.9 Å². The van der Waals surface area contributed by atoms with E-state index in [1.165, 1.54) is 43.7 Å². The molecule has 0 bridgehead atoms. The predicted molar refractivity (Wildman–Crippen MR) is 178 cm³/mol. The van der Waals surface area contributed by atoms with E-state index < -0.39 is 0 Å². The number of hydrogen-bond acceptors (Lipinski definition) is 2. The molecular formula is C40H23NO2. The topological polar surface area (TPSA) is 31.2 Å². The third kappa shape index (κ3) is 3.14. The molecule has 0 unspecified atom stereocenters. The fourth-order valence-electron chi connectivity index (χ4n) is 7.11. The van der Waals surface area contributed by atoms with Gasteiger partial charge in [0.15, 0.2) is 0 Å². The fraction of sp³-hybridized carbons (Fsp3) is 0. The van der Waals surface area contributed by atoms with Gasteiger partial charge >= 0.3 is 0 Å². The van der Waals surface area contributed by atoms with E-state index in [2.05, 4.69) is 132 Å². The minimum Gasteiger partial charge on any atom is -0.456 e. The lowest BCUT2D eigenvalue weighted by Gasteiger charge is -2.08. The quantitative estimate of drug-likeness (QED) is 0.215. The van der Waals surface area contributed by atoms with E-state index in [9.17, 15) is 0 Å². The second-order valence-corrected chi connectivity index (χ2v) is 11.3. The van der Waals surface area contributed by atoms with Crippen molar-refractivity contribution in [3.05, 3.63) is 140 Å². The average Bonchev–Trinajstić information content (AvgIpc) is 3.73. The minimum atomic E-state index is 0.861. The summed E-state index contributed by atoms with van der Waals surface area (Å²) in [6, 6.07) is 49.4. The number of fused-ring (bicyclic) bond motifs is 11. The van der Waals surface area contributed by atoms with Gasteiger partial charge in [0.05, 0.1) is 11.0 Å². The lowest BCUT2D eigenvalue weighted by molar-refractivity contribution is 0.663. The van der Waals surface area contributed by atoms with Crippen LogP contribution in [0.1, 0.15) is 0 Å². The number of benzene rings is 7. The molecule has 0 N–H and O–H groups in total. The zero-order valence-corrected chi connectivity index (χ0v) is 23.0. The molecule has 0 aliphatic rings. The van der Waals surface area contributed by atoms with Crippen LogP contribution in [0.25, 0.3) is 93.3 Å². The summed E-state index contributed by atoms with van der Waals surface area (Å²) in [7, 11) is 0. The molecule has 200 valence electrons. The van der Waals surface area contributed by atoms with E-state index >= 15 is 0 Å². The molecule has 10 aromatic rings. The maximum absolute atomic E-state index is 6.45. The van der Waals surface area contributed by atoms with E-state index in [0.29, 0.717) is 0 Å². The number of rotatable bonds is 2. The molecule has 0 saturated carbocycles. The molecule has 0 fully saturated rings. The van der Waals surface area contributed by atoms with Crippen LogP contribution >= 0.6 is 0 Å². The van der Waals surface area contributed by atoms with Gasteiger partial charge in [-0.2, -0.15) is 0 Å². The van der Waals surface area contributed by atoms with E-state index in [1.54, 1.807) is 0 Å². The van der Waals surface area contributed by atoms with Crippen molar-refractivity contribution in [3.63, 3.8) is 0 Å². The van der Waals surface area contributed by atoms with Crippen molar-refractivity contribution < 1.29 is 8.83 Å². The average molecular weight is 550 g/mol. The van der Waals surface area contributed by atoms with Crippen molar-refractivity contribution in [1.82, 2.24) is 4.57 Å². The summed E-state index contributed by atoms with van der Waals surface area (Å²) in [5, 5.41) is 9.33. The van der Waals surface area contributed by atoms with E-state index in [0.717, 1.165) is 49.6 Å². The molecule has 3 nitrogen and oxygen atoms in total. The van der Waals surface area contributed by atoms with E-state index in [1.807, 2.05) is 12.1 Å². The van der Waals surface area contributed by atoms with Crippen LogP contribution in [0.15, 0.2) is 148 Å². The van der Waals surface area contributed by atoms with E-state index in [-0.39, 0.29) is 0 Å². The lowest BCUT2D eigenvalue weighted by atomic mass is 9.96. The van der Waals surface area contributed by atoms with Crippen LogP contribution in [0.4, 0.5) is 0 Å². The Labute approximate surface area is 245 Å². The molecule has 3 heteroatoms. The molecule has 0 atom stereocenters. The summed E-state index contributed by atoms with van der Waals surface area (Å²) >= 11 is 0. The van der Waals surface area contributed by atoms with Crippen LogP contribution in [0.2, 0.25) is 0 Å². The summed E-state index contributed by atoms with van der Waals surface area (Å²) in [5.41, 5.74) is 9.33. The summed E-state index contributed by atoms with van der Waals surface area (Å²) in [6.07, 6.45) is 0. The van der Waals surface area contributed by atoms with Gasteiger partial charge in [-0.25, -0.2) is 0 Å². The maximum atomic E-state index is 6.45. The summed E-state index contributed by atoms with van der Waals surface area (Å²) in [6.45, 7) is 0. The van der Waals surface area contributed by atoms with Crippen molar-refractivity contribution >= 4 is 76.5 Å². The second kappa shape index (κ2) is 8.37. The molecular weight excluding hydrogens is 526 g/mol. The molecule has 0 saturated heterocycles. The molecule has 3 aromatic heterocycles. The number of nitrogens with zero attached hydrogens (tertiary/aromatic N) is 1. The second-order valence-electron chi connectivity index (χ2n) is 11.3. The number of aromatic nitrogens is 1. The molecule has 0 spiro atoms.